The highest BCUT2D eigenvalue weighted by Gasteiger charge is 2.32. The fourth-order valence-electron chi connectivity index (χ4n) is 4.79. The van der Waals surface area contributed by atoms with Gasteiger partial charge >= 0.3 is 0 Å². The summed E-state index contributed by atoms with van der Waals surface area (Å²) in [6, 6.07) is 25.9. The first-order valence-corrected chi connectivity index (χ1v) is 12.7. The molecule has 1 unspecified atom stereocenters. The van der Waals surface area contributed by atoms with E-state index in [9.17, 15) is 9.59 Å². The Labute approximate surface area is 209 Å². The molecular formula is C31H36N2O2. The lowest BCUT2D eigenvalue weighted by Crippen LogP contribution is -2.52. The zero-order valence-electron chi connectivity index (χ0n) is 20.9. The van der Waals surface area contributed by atoms with Crippen LogP contribution in [0.1, 0.15) is 53.5 Å². The first-order chi connectivity index (χ1) is 17.0. The zero-order valence-corrected chi connectivity index (χ0v) is 20.9. The summed E-state index contributed by atoms with van der Waals surface area (Å²) in [7, 11) is 0. The molecule has 4 heteroatoms. The third-order valence-electron chi connectivity index (χ3n) is 6.92. The lowest BCUT2D eigenvalue weighted by Gasteiger charge is -2.32. The number of hydrogen-bond donors (Lipinski definition) is 1. The predicted octanol–water partition coefficient (Wildman–Crippen LogP) is 5.54. The van der Waals surface area contributed by atoms with Gasteiger partial charge in [-0.15, -0.1) is 0 Å². The minimum absolute atomic E-state index is 0.0306. The van der Waals surface area contributed by atoms with E-state index in [1.54, 1.807) is 4.90 Å². The van der Waals surface area contributed by atoms with Crippen molar-refractivity contribution in [2.75, 3.05) is 0 Å². The average Bonchev–Trinajstić information content (AvgIpc) is 3.37. The van der Waals surface area contributed by atoms with Gasteiger partial charge in [-0.1, -0.05) is 103 Å². The number of hydrogen-bond acceptors (Lipinski definition) is 2. The second-order valence-electron chi connectivity index (χ2n) is 9.87. The Hall–Kier alpha value is -3.40. The summed E-state index contributed by atoms with van der Waals surface area (Å²) in [6.45, 7) is 4.50. The summed E-state index contributed by atoms with van der Waals surface area (Å²) in [5.41, 5.74) is 5.38. The third kappa shape index (κ3) is 7.05. The van der Waals surface area contributed by atoms with Crippen molar-refractivity contribution >= 4 is 11.8 Å². The highest BCUT2D eigenvalue weighted by molar-refractivity contribution is 5.89. The summed E-state index contributed by atoms with van der Waals surface area (Å²) >= 11 is 0. The molecule has 1 aliphatic carbocycles. The van der Waals surface area contributed by atoms with Crippen molar-refractivity contribution < 1.29 is 9.59 Å². The van der Waals surface area contributed by atoms with Crippen LogP contribution in [0.3, 0.4) is 0 Å². The molecule has 182 valence electrons. The van der Waals surface area contributed by atoms with Gasteiger partial charge in [0, 0.05) is 19.0 Å². The van der Waals surface area contributed by atoms with Gasteiger partial charge in [-0.2, -0.15) is 0 Å². The minimum Gasteiger partial charge on any atom is -0.352 e. The Morgan fingerprint density at radius 2 is 1.37 bits per heavy atom. The molecule has 0 saturated heterocycles. The highest BCUT2D eigenvalue weighted by Crippen LogP contribution is 2.21. The van der Waals surface area contributed by atoms with E-state index in [0.29, 0.717) is 13.0 Å². The molecule has 0 bridgehead atoms. The summed E-state index contributed by atoms with van der Waals surface area (Å²) < 4.78 is 0. The van der Waals surface area contributed by atoms with Crippen molar-refractivity contribution in [1.82, 2.24) is 10.2 Å². The molecule has 0 heterocycles. The van der Waals surface area contributed by atoms with Crippen molar-refractivity contribution in [1.29, 1.82) is 0 Å². The van der Waals surface area contributed by atoms with E-state index in [1.807, 2.05) is 61.5 Å². The van der Waals surface area contributed by atoms with Gasteiger partial charge < -0.3 is 10.2 Å². The van der Waals surface area contributed by atoms with Crippen molar-refractivity contribution in [2.45, 2.75) is 71.0 Å². The van der Waals surface area contributed by atoms with Gasteiger partial charge in [-0.05, 0) is 43.4 Å². The lowest BCUT2D eigenvalue weighted by atomic mass is 10.0. The van der Waals surface area contributed by atoms with Crippen molar-refractivity contribution in [3.8, 4) is 0 Å². The predicted molar refractivity (Wildman–Crippen MR) is 141 cm³/mol. The van der Waals surface area contributed by atoms with Crippen LogP contribution >= 0.6 is 0 Å². The van der Waals surface area contributed by atoms with Gasteiger partial charge in [0.15, 0.2) is 0 Å². The Kier molecular flexibility index (Phi) is 8.36. The number of aryl methyl sites for hydroxylation is 2. The van der Waals surface area contributed by atoms with Gasteiger partial charge in [0.1, 0.15) is 6.04 Å². The fraction of sp³-hybridized carbons (Fsp3) is 0.355. The number of nitrogens with zero attached hydrogens (tertiary/aromatic N) is 1. The van der Waals surface area contributed by atoms with E-state index in [0.717, 1.165) is 47.9 Å². The molecule has 1 aliphatic rings. The first-order valence-electron chi connectivity index (χ1n) is 12.7. The van der Waals surface area contributed by atoms with E-state index in [1.165, 1.54) is 5.56 Å². The van der Waals surface area contributed by atoms with Crippen molar-refractivity contribution in [3.63, 3.8) is 0 Å². The maximum Gasteiger partial charge on any atom is 0.243 e. The Balaban J connectivity index is 1.64. The minimum atomic E-state index is -0.572. The van der Waals surface area contributed by atoms with Crippen molar-refractivity contribution in [3.05, 3.63) is 107 Å². The summed E-state index contributed by atoms with van der Waals surface area (Å²) in [6.07, 6.45) is 5.08. The van der Waals surface area contributed by atoms with E-state index >= 15 is 0 Å². The smallest absolute Gasteiger partial charge is 0.243 e. The molecule has 1 fully saturated rings. The van der Waals surface area contributed by atoms with E-state index < -0.39 is 6.04 Å². The SMILES string of the molecule is Cc1ccc(CC(=O)N(Cc2ccc(C)cc2)C(Cc2ccccc2)C(=O)NC2CCCC2)cc1. The molecule has 0 aromatic heterocycles. The van der Waals surface area contributed by atoms with Crippen LogP contribution in [0.2, 0.25) is 0 Å². The van der Waals surface area contributed by atoms with Gasteiger partial charge in [0.05, 0.1) is 6.42 Å². The zero-order chi connectivity index (χ0) is 24.6. The summed E-state index contributed by atoms with van der Waals surface area (Å²) in [5, 5.41) is 3.27. The van der Waals surface area contributed by atoms with Crippen molar-refractivity contribution in [2.24, 2.45) is 0 Å². The second kappa shape index (κ2) is 11.8. The Morgan fingerprint density at radius 3 is 1.97 bits per heavy atom. The largest absolute Gasteiger partial charge is 0.352 e. The van der Waals surface area contributed by atoms with Crippen LogP contribution in [0, 0.1) is 13.8 Å². The van der Waals surface area contributed by atoms with Crippen LogP contribution in [-0.4, -0.2) is 28.8 Å². The number of carbonyl (C=O) groups excluding carboxylic acids is 2. The molecule has 2 amide bonds. The fourth-order valence-corrected chi connectivity index (χ4v) is 4.79. The molecule has 3 aromatic carbocycles. The molecule has 1 N–H and O–H groups in total. The van der Waals surface area contributed by atoms with Crippen LogP contribution in [0.5, 0.6) is 0 Å². The molecule has 4 rings (SSSR count). The van der Waals surface area contributed by atoms with Crippen LogP contribution in [0.25, 0.3) is 0 Å². The van der Waals surface area contributed by atoms with Crippen LogP contribution in [0.4, 0.5) is 0 Å². The van der Waals surface area contributed by atoms with E-state index in [-0.39, 0.29) is 24.3 Å². The Morgan fingerprint density at radius 1 is 0.800 bits per heavy atom. The number of rotatable bonds is 9. The summed E-state index contributed by atoms with van der Waals surface area (Å²) in [5.74, 6) is -0.0814. The maximum atomic E-state index is 13.8. The average molecular weight is 469 g/mol. The van der Waals surface area contributed by atoms with Gasteiger partial charge in [0.2, 0.25) is 11.8 Å². The normalized spacial score (nSPS) is 14.5. The number of carbonyl (C=O) groups is 2. The molecule has 0 aliphatic heterocycles. The molecule has 1 saturated carbocycles. The molecule has 0 radical (unpaired) electrons. The number of benzene rings is 3. The molecular weight excluding hydrogens is 432 g/mol. The molecule has 3 aromatic rings. The number of nitrogens with one attached hydrogen (secondary N) is 1. The molecule has 4 nitrogen and oxygen atoms in total. The molecule has 0 spiro atoms. The van der Waals surface area contributed by atoms with Gasteiger partial charge in [-0.25, -0.2) is 0 Å². The van der Waals surface area contributed by atoms with E-state index in [4.69, 9.17) is 0 Å². The Bertz CT molecular complexity index is 1100. The summed E-state index contributed by atoms with van der Waals surface area (Å²) in [4.78, 5) is 29.3. The van der Waals surface area contributed by atoms with Crippen LogP contribution in [-0.2, 0) is 29.0 Å². The molecule has 1 atom stereocenters. The quantitative estimate of drug-likeness (QED) is 0.448. The maximum absolute atomic E-state index is 13.8. The lowest BCUT2D eigenvalue weighted by molar-refractivity contribution is -0.141. The van der Waals surface area contributed by atoms with Gasteiger partial charge in [-0.3, -0.25) is 9.59 Å². The van der Waals surface area contributed by atoms with Crippen LogP contribution < -0.4 is 5.32 Å². The van der Waals surface area contributed by atoms with E-state index in [2.05, 4.69) is 36.5 Å². The molecule has 35 heavy (non-hydrogen) atoms. The monoisotopic (exact) mass is 468 g/mol. The second-order valence-corrected chi connectivity index (χ2v) is 9.87. The van der Waals surface area contributed by atoms with Crippen LogP contribution in [0.15, 0.2) is 78.9 Å². The third-order valence-corrected chi connectivity index (χ3v) is 6.92. The highest BCUT2D eigenvalue weighted by atomic mass is 16.2. The number of amides is 2. The first kappa shape index (κ1) is 24.7. The van der Waals surface area contributed by atoms with Gasteiger partial charge in [0.25, 0.3) is 0 Å². The topological polar surface area (TPSA) is 49.4 Å². The standard InChI is InChI=1S/C31H36N2O2/c1-23-12-16-26(17-13-23)21-30(34)33(22-27-18-14-24(2)15-19-27)29(20-25-8-4-3-5-9-25)31(35)32-28-10-6-7-11-28/h3-5,8-9,12-19,28-29H,6-7,10-11,20-22H2,1-2H3,(H,32,35).